The van der Waals surface area contributed by atoms with Gasteiger partial charge in [0.2, 0.25) is 0 Å². The third-order valence-electron chi connectivity index (χ3n) is 5.57. The van der Waals surface area contributed by atoms with Gasteiger partial charge < -0.3 is 21.1 Å². The minimum atomic E-state index is -4.81. The number of halogens is 3. The van der Waals surface area contributed by atoms with E-state index in [2.05, 4.69) is 15.6 Å². The Morgan fingerprint density at radius 2 is 1.60 bits per heavy atom. The van der Waals surface area contributed by atoms with E-state index in [-0.39, 0.29) is 11.5 Å². The van der Waals surface area contributed by atoms with Crippen molar-refractivity contribution in [1.29, 1.82) is 0 Å². The SMILES string of the molecule is Nc1nc(=O)n(CCCOc2ccc(NC(=O)Nc3ccc(S(=O)(=O)F)cc3)cc2)cc1-c1ccc(Cl)c(Cl)c1. The normalized spacial score (nSPS) is 11.2. The summed E-state index contributed by atoms with van der Waals surface area (Å²) in [5, 5.41) is 5.89. The molecule has 0 spiro atoms. The number of nitrogens with zero attached hydrogens (tertiary/aromatic N) is 2. The number of benzene rings is 3. The number of carbonyl (C=O) groups is 1. The average molecular weight is 606 g/mol. The van der Waals surface area contributed by atoms with Gasteiger partial charge in [0.1, 0.15) is 11.6 Å². The molecule has 0 unspecified atom stereocenters. The molecule has 0 saturated carbocycles. The second-order valence-electron chi connectivity index (χ2n) is 8.41. The Hall–Kier alpha value is -4.13. The third kappa shape index (κ3) is 7.50. The lowest BCUT2D eigenvalue weighted by molar-refractivity contribution is 0.262. The Kier molecular flexibility index (Phi) is 8.93. The summed E-state index contributed by atoms with van der Waals surface area (Å²) >= 11 is 12.1. The maximum absolute atomic E-state index is 13.0. The first-order chi connectivity index (χ1) is 19.0. The summed E-state index contributed by atoms with van der Waals surface area (Å²) in [6, 6.07) is 15.7. The lowest BCUT2D eigenvalue weighted by atomic mass is 10.1. The highest BCUT2D eigenvalue weighted by Crippen LogP contribution is 2.30. The standard InChI is InChI=1S/C26H22Cl2FN5O5S/c27-22-11-2-16(14-23(22)28)21-15-34(26(36)33-24(21)30)12-1-13-39-19-7-3-17(4-8-19)31-25(35)32-18-5-9-20(10-6-18)40(29,37)38/h2-11,14-15H,1,12-13H2,(H2,30,33,36)(H2,31,32,35). The van der Waals surface area contributed by atoms with Gasteiger partial charge in [-0.1, -0.05) is 29.3 Å². The van der Waals surface area contributed by atoms with Gasteiger partial charge in [0.25, 0.3) is 0 Å². The summed E-state index contributed by atoms with van der Waals surface area (Å²) in [5.41, 5.74) is 7.45. The topological polar surface area (TPSA) is 145 Å². The van der Waals surface area contributed by atoms with Gasteiger partial charge in [-0.3, -0.25) is 4.57 Å². The highest BCUT2D eigenvalue weighted by atomic mass is 35.5. The quantitative estimate of drug-likeness (QED) is 0.167. The maximum atomic E-state index is 13.0. The molecule has 1 aromatic heterocycles. The number of hydrogen-bond donors (Lipinski definition) is 3. The van der Waals surface area contributed by atoms with Gasteiger partial charge in [-0.2, -0.15) is 13.4 Å². The van der Waals surface area contributed by atoms with Crippen LogP contribution in [-0.4, -0.2) is 30.6 Å². The van der Waals surface area contributed by atoms with Crippen LogP contribution in [0.5, 0.6) is 5.75 Å². The van der Waals surface area contributed by atoms with Crippen molar-refractivity contribution in [3.63, 3.8) is 0 Å². The Morgan fingerprint density at radius 3 is 2.20 bits per heavy atom. The molecule has 0 fully saturated rings. The van der Waals surface area contributed by atoms with E-state index in [0.717, 1.165) is 12.1 Å². The van der Waals surface area contributed by atoms with E-state index in [0.29, 0.717) is 52.2 Å². The highest BCUT2D eigenvalue weighted by Gasteiger charge is 2.12. The number of aromatic nitrogens is 2. The molecule has 0 bridgehead atoms. The van der Waals surface area contributed by atoms with Crippen molar-refractivity contribution in [2.24, 2.45) is 0 Å². The molecule has 208 valence electrons. The number of rotatable bonds is 9. The van der Waals surface area contributed by atoms with Crippen molar-refractivity contribution < 1.29 is 21.8 Å². The summed E-state index contributed by atoms with van der Waals surface area (Å²) in [6.45, 7) is 0.634. The van der Waals surface area contributed by atoms with Gasteiger partial charge in [0.05, 0.1) is 21.5 Å². The van der Waals surface area contributed by atoms with Crippen LogP contribution in [-0.2, 0) is 16.8 Å². The lowest BCUT2D eigenvalue weighted by Crippen LogP contribution is -2.25. The molecule has 4 N–H and O–H groups in total. The van der Waals surface area contributed by atoms with Crippen LogP contribution >= 0.6 is 23.2 Å². The van der Waals surface area contributed by atoms with Gasteiger partial charge in [0.15, 0.2) is 0 Å². The fourth-order valence-corrected chi connectivity index (χ4v) is 4.36. The lowest BCUT2D eigenvalue weighted by Gasteiger charge is -2.12. The number of anilines is 3. The predicted molar refractivity (Wildman–Crippen MR) is 152 cm³/mol. The first kappa shape index (κ1) is 28.9. The fourth-order valence-electron chi connectivity index (χ4n) is 3.60. The molecule has 2 amide bonds. The molecular weight excluding hydrogens is 584 g/mol. The molecule has 0 saturated heterocycles. The van der Waals surface area contributed by atoms with Crippen molar-refractivity contribution >= 4 is 56.6 Å². The number of carbonyl (C=O) groups excluding carboxylic acids is 1. The zero-order valence-corrected chi connectivity index (χ0v) is 22.9. The smallest absolute Gasteiger partial charge is 0.349 e. The van der Waals surface area contributed by atoms with Crippen LogP contribution in [0.25, 0.3) is 11.1 Å². The van der Waals surface area contributed by atoms with Crippen molar-refractivity contribution in [2.75, 3.05) is 23.0 Å². The molecule has 0 aliphatic heterocycles. The molecule has 0 radical (unpaired) electrons. The highest BCUT2D eigenvalue weighted by molar-refractivity contribution is 7.86. The van der Waals surface area contributed by atoms with Crippen LogP contribution in [0.4, 0.5) is 25.9 Å². The summed E-state index contributed by atoms with van der Waals surface area (Å²) in [4.78, 5) is 27.9. The molecule has 1 heterocycles. The van der Waals surface area contributed by atoms with Gasteiger partial charge in [-0.05, 0) is 72.6 Å². The first-order valence-electron chi connectivity index (χ1n) is 11.7. The number of hydrogen-bond acceptors (Lipinski definition) is 7. The van der Waals surface area contributed by atoms with E-state index < -0.39 is 26.8 Å². The summed E-state index contributed by atoms with van der Waals surface area (Å²) in [5.74, 6) is 0.636. The van der Waals surface area contributed by atoms with E-state index in [1.165, 1.54) is 16.7 Å². The van der Waals surface area contributed by atoms with Crippen molar-refractivity contribution in [1.82, 2.24) is 9.55 Å². The van der Waals surface area contributed by atoms with Crippen LogP contribution in [0, 0.1) is 0 Å². The minimum absolute atomic E-state index is 0.0865. The van der Waals surface area contributed by atoms with Crippen LogP contribution in [0.3, 0.4) is 0 Å². The summed E-state index contributed by atoms with van der Waals surface area (Å²) in [7, 11) is -4.81. The van der Waals surface area contributed by atoms with E-state index in [9.17, 15) is 21.9 Å². The second kappa shape index (κ2) is 12.4. The number of amides is 2. The minimum Gasteiger partial charge on any atom is -0.494 e. The van der Waals surface area contributed by atoms with Crippen molar-refractivity contribution in [3.8, 4) is 16.9 Å². The van der Waals surface area contributed by atoms with Crippen molar-refractivity contribution in [3.05, 3.63) is 93.5 Å². The molecule has 0 aliphatic carbocycles. The number of urea groups is 1. The fraction of sp³-hybridized carbons (Fsp3) is 0.115. The largest absolute Gasteiger partial charge is 0.494 e. The van der Waals surface area contributed by atoms with Crippen LogP contribution in [0.1, 0.15) is 6.42 Å². The number of ether oxygens (including phenoxy) is 1. The first-order valence-corrected chi connectivity index (χ1v) is 13.8. The molecular formula is C26H22Cl2FN5O5S. The van der Waals surface area contributed by atoms with Crippen LogP contribution in [0.15, 0.2) is 82.6 Å². The van der Waals surface area contributed by atoms with Gasteiger partial charge >= 0.3 is 21.9 Å². The molecule has 40 heavy (non-hydrogen) atoms. The Morgan fingerprint density at radius 1 is 0.975 bits per heavy atom. The summed E-state index contributed by atoms with van der Waals surface area (Å²) in [6.07, 6.45) is 2.12. The van der Waals surface area contributed by atoms with Crippen LogP contribution in [0.2, 0.25) is 10.0 Å². The van der Waals surface area contributed by atoms with E-state index >= 15 is 0 Å². The molecule has 4 aromatic rings. The number of nitrogens with two attached hydrogens (primary N) is 1. The zero-order valence-electron chi connectivity index (χ0n) is 20.6. The zero-order chi connectivity index (χ0) is 28.9. The van der Waals surface area contributed by atoms with Crippen LogP contribution < -0.4 is 26.8 Å². The van der Waals surface area contributed by atoms with Gasteiger partial charge in [-0.15, -0.1) is 3.89 Å². The molecule has 0 aliphatic rings. The molecule has 10 nitrogen and oxygen atoms in total. The average Bonchev–Trinajstić information content (AvgIpc) is 2.90. The Labute approximate surface area is 238 Å². The van der Waals surface area contributed by atoms with E-state index in [1.54, 1.807) is 48.7 Å². The number of nitrogens with one attached hydrogen (secondary N) is 2. The molecule has 4 rings (SSSR count). The van der Waals surface area contributed by atoms with E-state index in [1.807, 2.05) is 0 Å². The maximum Gasteiger partial charge on any atom is 0.349 e. The number of aryl methyl sites for hydroxylation is 1. The van der Waals surface area contributed by atoms with Gasteiger partial charge in [-0.25, -0.2) is 9.59 Å². The monoisotopic (exact) mass is 605 g/mol. The summed E-state index contributed by atoms with van der Waals surface area (Å²) < 4.78 is 41.9. The molecule has 0 atom stereocenters. The predicted octanol–water partition coefficient (Wildman–Crippen LogP) is 5.57. The molecule has 3 aromatic carbocycles. The number of nitrogen functional groups attached to an aromatic ring is 1. The van der Waals surface area contributed by atoms with Crippen molar-refractivity contribution in [2.45, 2.75) is 17.9 Å². The van der Waals surface area contributed by atoms with Gasteiger partial charge in [0, 0.05) is 29.7 Å². The Bertz CT molecular complexity index is 1700. The molecule has 14 heteroatoms. The second-order valence-corrected chi connectivity index (χ2v) is 10.6. The van der Waals surface area contributed by atoms with E-state index in [4.69, 9.17) is 33.7 Å². The Balaban J connectivity index is 1.28. The third-order valence-corrected chi connectivity index (χ3v) is 7.15.